The molecule has 1 unspecified atom stereocenters. The lowest BCUT2D eigenvalue weighted by atomic mass is 9.98. The van der Waals surface area contributed by atoms with Gasteiger partial charge in [0.25, 0.3) is 0 Å². The molecule has 1 aromatic rings. The molecule has 2 nitrogen and oxygen atoms in total. The van der Waals surface area contributed by atoms with Crippen molar-refractivity contribution in [3.63, 3.8) is 0 Å². The third-order valence-electron chi connectivity index (χ3n) is 3.71. The number of carbonyl (C=O) groups is 1. The Morgan fingerprint density at radius 1 is 1.35 bits per heavy atom. The highest BCUT2D eigenvalue weighted by Gasteiger charge is 2.22. The number of benzene rings is 1. The Bertz CT molecular complexity index is 400. The summed E-state index contributed by atoms with van der Waals surface area (Å²) in [5.41, 5.74) is 2.80. The van der Waals surface area contributed by atoms with Gasteiger partial charge in [0.15, 0.2) is 0 Å². The summed E-state index contributed by atoms with van der Waals surface area (Å²) in [6.07, 6.45) is 1.82. The lowest BCUT2D eigenvalue weighted by Gasteiger charge is -2.30. The second kappa shape index (κ2) is 5.46. The van der Waals surface area contributed by atoms with Gasteiger partial charge in [0.1, 0.15) is 5.78 Å². The van der Waals surface area contributed by atoms with Gasteiger partial charge in [0, 0.05) is 32.0 Å². The predicted molar refractivity (Wildman–Crippen MR) is 70.1 cm³/mol. The smallest absolute Gasteiger partial charge is 0.138 e. The number of piperidine rings is 1. The van der Waals surface area contributed by atoms with Crippen LogP contribution >= 0.6 is 0 Å². The van der Waals surface area contributed by atoms with E-state index >= 15 is 0 Å². The molecule has 92 valence electrons. The first-order valence-corrected chi connectivity index (χ1v) is 6.46. The van der Waals surface area contributed by atoms with Crippen LogP contribution in [0.3, 0.4) is 0 Å². The van der Waals surface area contributed by atoms with Crippen molar-refractivity contribution in [1.82, 2.24) is 4.90 Å². The van der Waals surface area contributed by atoms with Crippen molar-refractivity contribution >= 4 is 5.78 Å². The van der Waals surface area contributed by atoms with E-state index in [1.165, 1.54) is 11.1 Å². The first-order chi connectivity index (χ1) is 8.16. The lowest BCUT2D eigenvalue weighted by molar-refractivity contribution is -0.125. The second-order valence-electron chi connectivity index (χ2n) is 5.09. The molecule has 0 N–H and O–H groups in total. The third-order valence-corrected chi connectivity index (χ3v) is 3.71. The zero-order valence-corrected chi connectivity index (χ0v) is 10.8. The predicted octanol–water partition coefficient (Wildman–Crippen LogP) is 2.45. The Morgan fingerprint density at radius 3 is 2.82 bits per heavy atom. The van der Waals surface area contributed by atoms with Gasteiger partial charge in [-0.1, -0.05) is 31.2 Å². The van der Waals surface area contributed by atoms with Gasteiger partial charge in [-0.3, -0.25) is 4.79 Å². The van der Waals surface area contributed by atoms with E-state index in [0.717, 1.165) is 32.5 Å². The molecule has 1 aliphatic rings. The van der Waals surface area contributed by atoms with Gasteiger partial charge in [0.2, 0.25) is 0 Å². The van der Waals surface area contributed by atoms with Gasteiger partial charge in [-0.25, -0.2) is 0 Å². The quantitative estimate of drug-likeness (QED) is 0.796. The summed E-state index contributed by atoms with van der Waals surface area (Å²) >= 11 is 0. The van der Waals surface area contributed by atoms with E-state index in [4.69, 9.17) is 0 Å². The fourth-order valence-corrected chi connectivity index (χ4v) is 2.47. The highest BCUT2D eigenvalue weighted by molar-refractivity contribution is 5.81. The minimum Gasteiger partial charge on any atom is -0.302 e. The molecule has 1 fully saturated rings. The first-order valence-electron chi connectivity index (χ1n) is 6.46. The van der Waals surface area contributed by atoms with Gasteiger partial charge in [0.05, 0.1) is 0 Å². The van der Waals surface area contributed by atoms with Crippen LogP contribution in [0.2, 0.25) is 0 Å². The number of likely N-dealkylation sites (tertiary alicyclic amines) is 1. The second-order valence-corrected chi connectivity index (χ2v) is 5.09. The largest absolute Gasteiger partial charge is 0.302 e. The van der Waals surface area contributed by atoms with Crippen molar-refractivity contribution in [3.8, 4) is 0 Å². The summed E-state index contributed by atoms with van der Waals surface area (Å²) in [4.78, 5) is 13.9. The molecule has 2 rings (SSSR count). The van der Waals surface area contributed by atoms with Crippen LogP contribution in [0.1, 0.15) is 24.5 Å². The van der Waals surface area contributed by atoms with E-state index in [9.17, 15) is 4.79 Å². The molecular formula is C15H21NO. The molecule has 1 atom stereocenters. The number of nitrogens with zero attached hydrogens (tertiary/aromatic N) is 1. The van der Waals surface area contributed by atoms with Crippen LogP contribution in [0.4, 0.5) is 0 Å². The third kappa shape index (κ3) is 3.16. The molecular weight excluding hydrogens is 210 g/mol. The fourth-order valence-electron chi connectivity index (χ4n) is 2.47. The maximum absolute atomic E-state index is 11.4. The Morgan fingerprint density at radius 2 is 2.12 bits per heavy atom. The molecule has 0 amide bonds. The van der Waals surface area contributed by atoms with Gasteiger partial charge in [-0.2, -0.15) is 0 Å². The maximum Gasteiger partial charge on any atom is 0.138 e. The number of carbonyl (C=O) groups excluding carboxylic acids is 1. The van der Waals surface area contributed by atoms with Crippen molar-refractivity contribution < 1.29 is 4.79 Å². The molecule has 0 radical (unpaired) electrons. The SMILES string of the molecule is Cc1ccccc1CCN1CCC(=O)C(C)C1. The maximum atomic E-state index is 11.4. The van der Waals surface area contributed by atoms with E-state index in [1.54, 1.807) is 0 Å². The zero-order valence-electron chi connectivity index (χ0n) is 10.8. The summed E-state index contributed by atoms with van der Waals surface area (Å²) in [5.74, 6) is 0.651. The molecule has 0 saturated carbocycles. The van der Waals surface area contributed by atoms with Crippen molar-refractivity contribution in [3.05, 3.63) is 35.4 Å². The Hall–Kier alpha value is -1.15. The Labute approximate surface area is 104 Å². The Kier molecular flexibility index (Phi) is 3.95. The number of hydrogen-bond donors (Lipinski definition) is 0. The molecule has 0 spiro atoms. The Balaban J connectivity index is 1.87. The minimum absolute atomic E-state index is 0.223. The van der Waals surface area contributed by atoms with Gasteiger partial charge in [-0.15, -0.1) is 0 Å². The number of Topliss-reactive ketones (excluding diaryl/α,β-unsaturated/α-hetero) is 1. The summed E-state index contributed by atoms with van der Waals surface area (Å²) < 4.78 is 0. The summed E-state index contributed by atoms with van der Waals surface area (Å²) in [7, 11) is 0. The molecule has 17 heavy (non-hydrogen) atoms. The van der Waals surface area contributed by atoms with Gasteiger partial charge < -0.3 is 4.90 Å². The molecule has 2 heteroatoms. The molecule has 0 bridgehead atoms. The first kappa shape index (κ1) is 12.3. The van der Waals surface area contributed by atoms with Crippen molar-refractivity contribution in [2.24, 2.45) is 5.92 Å². The lowest BCUT2D eigenvalue weighted by Crippen LogP contribution is -2.40. The number of ketones is 1. The van der Waals surface area contributed by atoms with Crippen LogP contribution in [0.5, 0.6) is 0 Å². The number of rotatable bonds is 3. The molecule has 1 aromatic carbocycles. The van der Waals surface area contributed by atoms with Gasteiger partial charge in [-0.05, 0) is 24.5 Å². The van der Waals surface area contributed by atoms with Gasteiger partial charge >= 0.3 is 0 Å². The minimum atomic E-state index is 0.223. The number of hydrogen-bond acceptors (Lipinski definition) is 2. The van der Waals surface area contributed by atoms with E-state index < -0.39 is 0 Å². The van der Waals surface area contributed by atoms with Crippen LogP contribution in [-0.2, 0) is 11.2 Å². The van der Waals surface area contributed by atoms with Crippen molar-refractivity contribution in [1.29, 1.82) is 0 Å². The zero-order chi connectivity index (χ0) is 12.3. The highest BCUT2D eigenvalue weighted by atomic mass is 16.1. The molecule has 0 aliphatic carbocycles. The molecule has 1 heterocycles. The van der Waals surface area contributed by atoms with Crippen LogP contribution in [-0.4, -0.2) is 30.3 Å². The van der Waals surface area contributed by atoms with Crippen LogP contribution in [0, 0.1) is 12.8 Å². The molecule has 1 saturated heterocycles. The summed E-state index contributed by atoms with van der Waals surface area (Å²) in [5, 5.41) is 0. The van der Waals surface area contributed by atoms with E-state index in [1.807, 2.05) is 6.92 Å². The highest BCUT2D eigenvalue weighted by Crippen LogP contribution is 2.14. The van der Waals surface area contributed by atoms with Crippen molar-refractivity contribution in [2.45, 2.75) is 26.7 Å². The normalized spacial score (nSPS) is 21.8. The molecule has 0 aromatic heterocycles. The standard InChI is InChI=1S/C15H21NO/c1-12-5-3-4-6-14(12)7-9-16-10-8-15(17)13(2)11-16/h3-6,13H,7-11H2,1-2H3. The summed E-state index contributed by atoms with van der Waals surface area (Å²) in [6.45, 7) is 7.15. The average Bonchev–Trinajstić information content (AvgIpc) is 2.32. The van der Waals surface area contributed by atoms with E-state index in [-0.39, 0.29) is 5.92 Å². The fraction of sp³-hybridized carbons (Fsp3) is 0.533. The topological polar surface area (TPSA) is 20.3 Å². The van der Waals surface area contributed by atoms with Crippen LogP contribution < -0.4 is 0 Å². The van der Waals surface area contributed by atoms with Crippen LogP contribution in [0.25, 0.3) is 0 Å². The number of aryl methyl sites for hydroxylation is 1. The van der Waals surface area contributed by atoms with Crippen LogP contribution in [0.15, 0.2) is 24.3 Å². The van der Waals surface area contributed by atoms with E-state index in [0.29, 0.717) is 5.78 Å². The average molecular weight is 231 g/mol. The van der Waals surface area contributed by atoms with E-state index in [2.05, 4.69) is 36.1 Å². The summed E-state index contributed by atoms with van der Waals surface area (Å²) in [6, 6.07) is 8.55. The van der Waals surface area contributed by atoms with Crippen molar-refractivity contribution in [2.75, 3.05) is 19.6 Å². The monoisotopic (exact) mass is 231 g/mol. The molecule has 1 aliphatic heterocycles.